The van der Waals surface area contributed by atoms with Gasteiger partial charge in [-0.05, 0) is 32.0 Å². The Morgan fingerprint density at radius 3 is 2.54 bits per heavy atom. The Kier molecular flexibility index (Phi) is 3.46. The van der Waals surface area contributed by atoms with Gasteiger partial charge in [0.15, 0.2) is 0 Å². The normalized spacial score (nSPS) is 10.1. The van der Waals surface area contributed by atoms with E-state index in [4.69, 9.17) is 4.84 Å². The van der Waals surface area contributed by atoms with Crippen molar-refractivity contribution in [2.45, 2.75) is 20.0 Å². The third-order valence-corrected chi connectivity index (χ3v) is 1.38. The zero-order valence-electron chi connectivity index (χ0n) is 7.73. The lowest BCUT2D eigenvalue weighted by Gasteiger charge is -2.18. The van der Waals surface area contributed by atoms with Gasteiger partial charge in [0, 0.05) is 0 Å². The smallest absolute Gasteiger partial charge is 0.238 e. The van der Waals surface area contributed by atoms with Crippen molar-refractivity contribution in [3.05, 3.63) is 30.3 Å². The van der Waals surface area contributed by atoms with Crippen molar-refractivity contribution in [1.29, 1.82) is 0 Å². The van der Waals surface area contributed by atoms with Gasteiger partial charge >= 0.3 is 0 Å². The summed E-state index contributed by atoms with van der Waals surface area (Å²) in [6.07, 6.45) is 0.629. The van der Waals surface area contributed by atoms with E-state index >= 15 is 0 Å². The maximum Gasteiger partial charge on any atom is 0.238 e. The van der Waals surface area contributed by atoms with E-state index in [1.807, 2.05) is 13.8 Å². The standard InChI is InChI=1S/C10H12NO2/c1-9(2)13-11(8-12)10-6-4-3-5-7-10/h4-9H,1-2H3. The Balaban J connectivity index is 2.73. The molecule has 0 spiro atoms. The number of benzene rings is 1. The molecule has 0 bridgehead atoms. The minimum absolute atomic E-state index is 0.0191. The van der Waals surface area contributed by atoms with E-state index in [1.54, 1.807) is 24.3 Å². The summed E-state index contributed by atoms with van der Waals surface area (Å²) in [5, 5.41) is 1.21. The molecule has 1 aromatic carbocycles. The van der Waals surface area contributed by atoms with Gasteiger partial charge in [0.1, 0.15) is 0 Å². The predicted molar refractivity (Wildman–Crippen MR) is 50.0 cm³/mol. The summed E-state index contributed by atoms with van der Waals surface area (Å²) in [7, 11) is 0. The largest absolute Gasteiger partial charge is 0.276 e. The summed E-state index contributed by atoms with van der Waals surface area (Å²) < 4.78 is 0. The lowest BCUT2D eigenvalue weighted by Crippen LogP contribution is -2.25. The second kappa shape index (κ2) is 4.62. The maximum atomic E-state index is 10.6. The van der Waals surface area contributed by atoms with E-state index < -0.39 is 0 Å². The van der Waals surface area contributed by atoms with Gasteiger partial charge in [-0.3, -0.25) is 9.63 Å². The molecule has 0 aliphatic carbocycles. The van der Waals surface area contributed by atoms with Crippen LogP contribution in [-0.4, -0.2) is 12.5 Å². The monoisotopic (exact) mass is 178 g/mol. The number of nitrogens with zero attached hydrogens (tertiary/aromatic N) is 1. The molecule has 0 aromatic heterocycles. The molecule has 0 unspecified atom stereocenters. The Morgan fingerprint density at radius 2 is 2.08 bits per heavy atom. The first-order valence-electron chi connectivity index (χ1n) is 4.11. The van der Waals surface area contributed by atoms with Crippen molar-refractivity contribution in [3.8, 4) is 0 Å². The van der Waals surface area contributed by atoms with Gasteiger partial charge in [-0.25, -0.2) is 0 Å². The van der Waals surface area contributed by atoms with Crippen molar-refractivity contribution in [3.63, 3.8) is 0 Å². The highest BCUT2D eigenvalue weighted by molar-refractivity contribution is 5.71. The van der Waals surface area contributed by atoms with Crippen LogP contribution < -0.4 is 5.06 Å². The molecule has 1 amide bonds. The van der Waals surface area contributed by atoms with Crippen molar-refractivity contribution in [1.82, 2.24) is 0 Å². The third-order valence-electron chi connectivity index (χ3n) is 1.38. The van der Waals surface area contributed by atoms with Gasteiger partial charge in [0.25, 0.3) is 0 Å². The Hall–Kier alpha value is -1.35. The highest BCUT2D eigenvalue weighted by Gasteiger charge is 2.06. The average molecular weight is 178 g/mol. The van der Waals surface area contributed by atoms with Crippen LogP contribution in [0, 0.1) is 6.07 Å². The molecule has 1 radical (unpaired) electrons. The molecule has 1 rings (SSSR count). The summed E-state index contributed by atoms with van der Waals surface area (Å²) in [5.74, 6) is 0. The van der Waals surface area contributed by atoms with Crippen LogP contribution in [0.1, 0.15) is 13.8 Å². The van der Waals surface area contributed by atoms with Crippen LogP contribution in [0.2, 0.25) is 0 Å². The van der Waals surface area contributed by atoms with Crippen LogP contribution in [0.5, 0.6) is 0 Å². The van der Waals surface area contributed by atoms with E-state index in [0.717, 1.165) is 0 Å². The van der Waals surface area contributed by atoms with Crippen molar-refractivity contribution in [2.24, 2.45) is 0 Å². The highest BCUT2D eigenvalue weighted by atomic mass is 16.7. The predicted octanol–water partition coefficient (Wildman–Crippen LogP) is 1.79. The molecule has 0 aliphatic rings. The van der Waals surface area contributed by atoms with Crippen LogP contribution in [0.25, 0.3) is 0 Å². The Morgan fingerprint density at radius 1 is 1.46 bits per heavy atom. The second-order valence-electron chi connectivity index (χ2n) is 2.84. The number of hydrogen-bond donors (Lipinski definition) is 0. The van der Waals surface area contributed by atoms with Crippen molar-refractivity contribution < 1.29 is 9.63 Å². The fourth-order valence-electron chi connectivity index (χ4n) is 0.899. The molecule has 0 fully saturated rings. The fraction of sp³-hybridized carbons (Fsp3) is 0.300. The van der Waals surface area contributed by atoms with Crippen LogP contribution in [0.4, 0.5) is 5.69 Å². The summed E-state index contributed by atoms with van der Waals surface area (Å²) in [6.45, 7) is 3.73. The molecule has 0 atom stereocenters. The molecule has 0 aliphatic heterocycles. The van der Waals surface area contributed by atoms with Gasteiger partial charge in [-0.1, -0.05) is 12.1 Å². The number of hydroxylamine groups is 1. The van der Waals surface area contributed by atoms with E-state index in [1.165, 1.54) is 5.06 Å². The number of carbonyl (C=O) groups is 1. The number of hydrogen-bond acceptors (Lipinski definition) is 2. The SMILES string of the molecule is CC(C)ON(C=O)c1cc[c]cc1. The molecular formula is C10H12NO2. The van der Waals surface area contributed by atoms with E-state index in [2.05, 4.69) is 6.07 Å². The van der Waals surface area contributed by atoms with Gasteiger partial charge in [-0.2, -0.15) is 5.06 Å². The minimum Gasteiger partial charge on any atom is -0.276 e. The number of carbonyl (C=O) groups excluding carboxylic acids is 1. The zero-order valence-corrected chi connectivity index (χ0v) is 7.73. The van der Waals surface area contributed by atoms with E-state index in [9.17, 15) is 4.79 Å². The molecule has 0 saturated carbocycles. The fourth-order valence-corrected chi connectivity index (χ4v) is 0.899. The molecule has 13 heavy (non-hydrogen) atoms. The number of anilines is 1. The minimum atomic E-state index is -0.0191. The Bertz CT molecular complexity index is 259. The number of amides is 1. The topological polar surface area (TPSA) is 29.5 Å². The van der Waals surface area contributed by atoms with Crippen LogP contribution in [0.15, 0.2) is 24.3 Å². The first-order valence-corrected chi connectivity index (χ1v) is 4.11. The van der Waals surface area contributed by atoms with Gasteiger partial charge in [-0.15, -0.1) is 0 Å². The summed E-state index contributed by atoms with van der Waals surface area (Å²) in [6, 6.07) is 9.85. The zero-order chi connectivity index (χ0) is 9.68. The van der Waals surface area contributed by atoms with Gasteiger partial charge in [0.2, 0.25) is 6.41 Å². The average Bonchev–Trinajstić information content (AvgIpc) is 2.15. The van der Waals surface area contributed by atoms with Crippen molar-refractivity contribution >= 4 is 12.1 Å². The quantitative estimate of drug-likeness (QED) is 0.519. The third kappa shape index (κ3) is 2.87. The molecule has 3 nitrogen and oxygen atoms in total. The Labute approximate surface area is 77.9 Å². The molecule has 1 aromatic rings. The first kappa shape index (κ1) is 9.74. The summed E-state index contributed by atoms with van der Waals surface area (Å²) in [4.78, 5) is 15.9. The molecule has 0 N–H and O–H groups in total. The van der Waals surface area contributed by atoms with Gasteiger partial charge < -0.3 is 0 Å². The number of rotatable bonds is 4. The second-order valence-corrected chi connectivity index (χ2v) is 2.84. The van der Waals surface area contributed by atoms with E-state index in [-0.39, 0.29) is 6.10 Å². The molecule has 0 saturated heterocycles. The molecule has 0 heterocycles. The maximum absolute atomic E-state index is 10.6. The summed E-state index contributed by atoms with van der Waals surface area (Å²) >= 11 is 0. The van der Waals surface area contributed by atoms with Crippen LogP contribution >= 0.6 is 0 Å². The van der Waals surface area contributed by atoms with E-state index in [0.29, 0.717) is 12.1 Å². The lowest BCUT2D eigenvalue weighted by molar-refractivity contribution is -0.115. The molecule has 3 heteroatoms. The highest BCUT2D eigenvalue weighted by Crippen LogP contribution is 2.12. The van der Waals surface area contributed by atoms with Crippen LogP contribution in [-0.2, 0) is 9.63 Å². The first-order chi connectivity index (χ1) is 6.24. The van der Waals surface area contributed by atoms with Crippen LogP contribution in [0.3, 0.4) is 0 Å². The molecular weight excluding hydrogens is 166 g/mol. The molecule has 69 valence electrons. The van der Waals surface area contributed by atoms with Crippen molar-refractivity contribution in [2.75, 3.05) is 5.06 Å². The van der Waals surface area contributed by atoms with Gasteiger partial charge in [0.05, 0.1) is 11.8 Å². The lowest BCUT2D eigenvalue weighted by atomic mass is 10.3. The summed E-state index contributed by atoms with van der Waals surface area (Å²) in [5.41, 5.74) is 0.711.